The zero-order chi connectivity index (χ0) is 17.1. The van der Waals surface area contributed by atoms with Gasteiger partial charge in [-0.15, -0.1) is 0 Å². The van der Waals surface area contributed by atoms with E-state index in [1.165, 1.54) is 6.07 Å². The van der Waals surface area contributed by atoms with Gasteiger partial charge in [0.15, 0.2) is 0 Å². The molecule has 1 saturated heterocycles. The Hall–Kier alpha value is -2.56. The van der Waals surface area contributed by atoms with Crippen LogP contribution in [0.3, 0.4) is 0 Å². The third-order valence-corrected chi connectivity index (χ3v) is 4.13. The van der Waals surface area contributed by atoms with Crippen LogP contribution in [0.1, 0.15) is 26.7 Å². The molecular weight excluding hydrogens is 308 g/mol. The Morgan fingerprint density at radius 3 is 2.83 bits per heavy atom. The lowest BCUT2D eigenvalue weighted by atomic mass is 10.0. The summed E-state index contributed by atoms with van der Waals surface area (Å²) in [5.74, 6) is 0.523. The second-order valence-electron chi connectivity index (χ2n) is 6.22. The molecule has 1 fully saturated rings. The van der Waals surface area contributed by atoms with E-state index in [1.807, 2.05) is 32.1 Å². The molecule has 0 amide bonds. The number of rotatable bonds is 5. The van der Waals surface area contributed by atoms with Gasteiger partial charge in [-0.05, 0) is 37.6 Å². The minimum Gasteiger partial charge on any atom is -0.489 e. The monoisotopic (exact) mass is 328 g/mol. The van der Waals surface area contributed by atoms with Gasteiger partial charge in [0.2, 0.25) is 0 Å². The van der Waals surface area contributed by atoms with Gasteiger partial charge in [-0.2, -0.15) is 0 Å². The van der Waals surface area contributed by atoms with E-state index in [2.05, 4.69) is 0 Å². The molecule has 0 N–H and O–H groups in total. The molecule has 1 aromatic heterocycles. The van der Waals surface area contributed by atoms with Crippen molar-refractivity contribution in [2.45, 2.75) is 32.8 Å². The van der Waals surface area contributed by atoms with Crippen molar-refractivity contribution >= 4 is 16.9 Å². The van der Waals surface area contributed by atoms with Crippen molar-refractivity contribution in [1.29, 1.82) is 0 Å². The van der Waals surface area contributed by atoms with Crippen LogP contribution >= 0.6 is 0 Å². The number of carbonyl (C=O) groups is 1. The summed E-state index contributed by atoms with van der Waals surface area (Å²) in [7, 11) is 0. The molecule has 5 heteroatoms. The van der Waals surface area contributed by atoms with E-state index in [0.717, 1.165) is 23.8 Å². The number of carbonyl (C=O) groups excluding carboxylic acids is 1. The summed E-state index contributed by atoms with van der Waals surface area (Å²) in [4.78, 5) is 22.7. The summed E-state index contributed by atoms with van der Waals surface area (Å²) >= 11 is 0. The van der Waals surface area contributed by atoms with Crippen molar-refractivity contribution in [2.75, 3.05) is 6.61 Å². The minimum absolute atomic E-state index is 0.00805. The molecule has 3 rings (SSSR count). The highest BCUT2D eigenvalue weighted by molar-refractivity contribution is 5.77. The standard InChI is InChI=1S/C19H20O5/c1-12(9-16-10-13(2)19(21)23-16)7-8-22-15-5-3-14-4-6-18(20)24-17(14)11-15/h3-7,11,13,16H,8-10H2,1-2H3/b12-7+/t13-,16-/m1/s1. The molecule has 1 aromatic carbocycles. The minimum atomic E-state index is -0.379. The van der Waals surface area contributed by atoms with Gasteiger partial charge in [0, 0.05) is 23.9 Å². The molecule has 2 aromatic rings. The SMILES string of the molecule is C/C(=C\COc1ccc2ccc(=O)oc2c1)C[C@@H]1C[C@@H](C)C(=O)O1. The molecule has 0 spiro atoms. The average molecular weight is 328 g/mol. The van der Waals surface area contributed by atoms with E-state index in [4.69, 9.17) is 13.9 Å². The number of ether oxygens (including phenoxy) is 2. The molecule has 0 radical (unpaired) electrons. The van der Waals surface area contributed by atoms with Crippen molar-refractivity contribution < 1.29 is 18.7 Å². The summed E-state index contributed by atoms with van der Waals surface area (Å²) in [5.41, 5.74) is 1.25. The average Bonchev–Trinajstić information content (AvgIpc) is 2.84. The first kappa shape index (κ1) is 16.3. The molecule has 5 nitrogen and oxygen atoms in total. The molecule has 1 aliphatic rings. The van der Waals surface area contributed by atoms with Gasteiger partial charge in [-0.1, -0.05) is 12.5 Å². The molecule has 126 valence electrons. The van der Waals surface area contributed by atoms with Gasteiger partial charge in [0.1, 0.15) is 24.0 Å². The van der Waals surface area contributed by atoms with Gasteiger partial charge < -0.3 is 13.9 Å². The Kier molecular flexibility index (Phi) is 4.69. The maximum Gasteiger partial charge on any atom is 0.336 e. The zero-order valence-electron chi connectivity index (χ0n) is 13.8. The van der Waals surface area contributed by atoms with Crippen LogP contribution in [0, 0.1) is 5.92 Å². The summed E-state index contributed by atoms with van der Waals surface area (Å²) in [6.45, 7) is 4.30. The van der Waals surface area contributed by atoms with Gasteiger partial charge in [0.25, 0.3) is 0 Å². The van der Waals surface area contributed by atoms with Crippen molar-refractivity contribution in [3.8, 4) is 5.75 Å². The lowest BCUT2D eigenvalue weighted by Crippen LogP contribution is -2.07. The molecule has 2 heterocycles. The van der Waals surface area contributed by atoms with Gasteiger partial charge in [-0.25, -0.2) is 4.79 Å². The third-order valence-electron chi connectivity index (χ3n) is 4.13. The van der Waals surface area contributed by atoms with E-state index < -0.39 is 0 Å². The third kappa shape index (κ3) is 3.85. The van der Waals surface area contributed by atoms with Crippen molar-refractivity contribution in [1.82, 2.24) is 0 Å². The Labute approximate surface area is 139 Å². The van der Waals surface area contributed by atoms with E-state index >= 15 is 0 Å². The Balaban J connectivity index is 1.57. The van der Waals surface area contributed by atoms with Gasteiger partial charge in [0.05, 0.1) is 5.92 Å². The molecule has 0 aliphatic carbocycles. The molecular formula is C19H20O5. The fourth-order valence-corrected chi connectivity index (χ4v) is 2.80. The second kappa shape index (κ2) is 6.91. The molecule has 24 heavy (non-hydrogen) atoms. The van der Waals surface area contributed by atoms with Crippen LogP contribution in [0.25, 0.3) is 11.0 Å². The topological polar surface area (TPSA) is 65.7 Å². The van der Waals surface area contributed by atoms with E-state index in [1.54, 1.807) is 12.1 Å². The first-order chi connectivity index (χ1) is 11.5. The van der Waals surface area contributed by atoms with Crippen LogP contribution in [0.15, 0.2) is 51.2 Å². The lowest BCUT2D eigenvalue weighted by molar-refractivity contribution is -0.143. The highest BCUT2D eigenvalue weighted by Crippen LogP contribution is 2.25. The highest BCUT2D eigenvalue weighted by Gasteiger charge is 2.30. The van der Waals surface area contributed by atoms with Crippen LogP contribution < -0.4 is 10.4 Å². The second-order valence-corrected chi connectivity index (χ2v) is 6.22. The van der Waals surface area contributed by atoms with Crippen LogP contribution in [0.5, 0.6) is 5.75 Å². The Bertz CT molecular complexity index is 833. The normalized spacial score (nSPS) is 21.1. The van der Waals surface area contributed by atoms with Gasteiger partial charge in [-0.3, -0.25) is 4.79 Å². The van der Waals surface area contributed by atoms with Crippen LogP contribution in [0.2, 0.25) is 0 Å². The summed E-state index contributed by atoms with van der Waals surface area (Å²) in [5, 5.41) is 0.853. The number of cyclic esters (lactones) is 1. The quantitative estimate of drug-likeness (QED) is 0.478. The maximum atomic E-state index is 11.4. The van der Waals surface area contributed by atoms with E-state index in [0.29, 0.717) is 17.9 Å². The molecule has 0 saturated carbocycles. The van der Waals surface area contributed by atoms with Crippen LogP contribution in [-0.4, -0.2) is 18.7 Å². The predicted octanol–water partition coefficient (Wildman–Crippen LogP) is 3.46. The largest absolute Gasteiger partial charge is 0.489 e. The highest BCUT2D eigenvalue weighted by atomic mass is 16.5. The number of hydrogen-bond acceptors (Lipinski definition) is 5. The fourth-order valence-electron chi connectivity index (χ4n) is 2.80. The van der Waals surface area contributed by atoms with Crippen LogP contribution in [-0.2, 0) is 9.53 Å². The van der Waals surface area contributed by atoms with Gasteiger partial charge >= 0.3 is 11.6 Å². The summed E-state index contributed by atoms with van der Waals surface area (Å²) in [6, 6.07) is 8.51. The predicted molar refractivity (Wildman–Crippen MR) is 90.0 cm³/mol. The number of hydrogen-bond donors (Lipinski definition) is 0. The number of fused-ring (bicyclic) bond motifs is 1. The van der Waals surface area contributed by atoms with Crippen molar-refractivity contribution in [2.24, 2.45) is 5.92 Å². The zero-order valence-corrected chi connectivity index (χ0v) is 13.8. The number of benzene rings is 1. The van der Waals surface area contributed by atoms with Crippen LogP contribution in [0.4, 0.5) is 0 Å². The summed E-state index contributed by atoms with van der Waals surface area (Å²) in [6.07, 6.45) is 3.45. The van der Waals surface area contributed by atoms with E-state index in [9.17, 15) is 9.59 Å². The van der Waals surface area contributed by atoms with Crippen molar-refractivity contribution in [3.05, 3.63) is 52.4 Å². The first-order valence-electron chi connectivity index (χ1n) is 8.04. The Morgan fingerprint density at radius 1 is 1.29 bits per heavy atom. The lowest BCUT2D eigenvalue weighted by Gasteiger charge is -2.10. The molecule has 0 unspecified atom stereocenters. The molecule has 0 bridgehead atoms. The molecule has 2 atom stereocenters. The first-order valence-corrected chi connectivity index (χ1v) is 8.04. The number of esters is 1. The van der Waals surface area contributed by atoms with E-state index in [-0.39, 0.29) is 23.6 Å². The van der Waals surface area contributed by atoms with Crippen molar-refractivity contribution in [3.63, 3.8) is 0 Å². The summed E-state index contributed by atoms with van der Waals surface area (Å²) < 4.78 is 16.1. The Morgan fingerprint density at radius 2 is 2.08 bits per heavy atom. The maximum absolute atomic E-state index is 11.4. The molecule has 1 aliphatic heterocycles. The fraction of sp³-hybridized carbons (Fsp3) is 0.368. The smallest absolute Gasteiger partial charge is 0.336 e.